The van der Waals surface area contributed by atoms with Gasteiger partial charge >= 0.3 is 0 Å². The SMILES string of the molecule is CCCCCc1cc2cc(Br)ccc2nc1-c1ccccc1. The lowest BCUT2D eigenvalue weighted by atomic mass is 9.99. The van der Waals surface area contributed by atoms with Crippen LogP contribution in [0, 0.1) is 0 Å². The van der Waals surface area contributed by atoms with E-state index in [1.54, 1.807) is 0 Å². The maximum absolute atomic E-state index is 4.94. The maximum atomic E-state index is 4.94. The second kappa shape index (κ2) is 7.06. The molecule has 3 aromatic rings. The molecule has 0 radical (unpaired) electrons. The average Bonchev–Trinajstić information content (AvgIpc) is 2.55. The fourth-order valence-corrected chi connectivity index (χ4v) is 3.17. The quantitative estimate of drug-likeness (QED) is 0.483. The first-order valence-corrected chi connectivity index (χ1v) is 8.72. The van der Waals surface area contributed by atoms with Crippen molar-refractivity contribution in [3.63, 3.8) is 0 Å². The third-order valence-corrected chi connectivity index (χ3v) is 4.45. The lowest BCUT2D eigenvalue weighted by Gasteiger charge is -2.11. The number of unbranched alkanes of at least 4 members (excludes halogenated alkanes) is 2. The summed E-state index contributed by atoms with van der Waals surface area (Å²) in [7, 11) is 0. The van der Waals surface area contributed by atoms with Gasteiger partial charge in [-0.05, 0) is 42.7 Å². The number of benzene rings is 2. The third-order valence-electron chi connectivity index (χ3n) is 3.95. The van der Waals surface area contributed by atoms with Crippen LogP contribution in [0.2, 0.25) is 0 Å². The molecule has 2 heteroatoms. The van der Waals surface area contributed by atoms with Gasteiger partial charge in [0.25, 0.3) is 0 Å². The molecular weight excluding hydrogens is 334 g/mol. The van der Waals surface area contributed by atoms with Crippen molar-refractivity contribution < 1.29 is 0 Å². The molecule has 22 heavy (non-hydrogen) atoms. The van der Waals surface area contributed by atoms with Crippen molar-refractivity contribution >= 4 is 26.8 Å². The molecule has 1 nitrogen and oxygen atoms in total. The van der Waals surface area contributed by atoms with Gasteiger partial charge in [-0.2, -0.15) is 0 Å². The Bertz CT molecular complexity index is 765. The van der Waals surface area contributed by atoms with Gasteiger partial charge in [-0.15, -0.1) is 0 Å². The van der Waals surface area contributed by atoms with Crippen LogP contribution >= 0.6 is 15.9 Å². The normalized spacial score (nSPS) is 11.0. The number of rotatable bonds is 5. The highest BCUT2D eigenvalue weighted by Gasteiger charge is 2.09. The number of nitrogens with zero attached hydrogens (tertiary/aromatic N) is 1. The largest absolute Gasteiger partial charge is 0.248 e. The minimum absolute atomic E-state index is 1.06. The minimum atomic E-state index is 1.06. The second-order valence-electron chi connectivity index (χ2n) is 5.66. The van der Waals surface area contributed by atoms with Crippen molar-refractivity contribution in [3.8, 4) is 11.3 Å². The van der Waals surface area contributed by atoms with Crippen LogP contribution in [0.25, 0.3) is 22.2 Å². The first-order chi connectivity index (χ1) is 10.8. The van der Waals surface area contributed by atoms with Gasteiger partial charge in [-0.3, -0.25) is 0 Å². The Balaban J connectivity index is 2.10. The Morgan fingerprint density at radius 3 is 2.55 bits per heavy atom. The van der Waals surface area contributed by atoms with Crippen LogP contribution in [-0.2, 0) is 6.42 Å². The molecule has 0 amide bonds. The van der Waals surface area contributed by atoms with E-state index in [9.17, 15) is 0 Å². The third kappa shape index (κ3) is 3.38. The molecule has 0 saturated carbocycles. The molecule has 0 atom stereocenters. The molecule has 0 saturated heterocycles. The van der Waals surface area contributed by atoms with Crippen molar-refractivity contribution in [2.75, 3.05) is 0 Å². The summed E-state index contributed by atoms with van der Waals surface area (Å²) in [5.74, 6) is 0. The highest BCUT2D eigenvalue weighted by atomic mass is 79.9. The summed E-state index contributed by atoms with van der Waals surface area (Å²) in [6.45, 7) is 2.24. The summed E-state index contributed by atoms with van der Waals surface area (Å²) < 4.78 is 1.11. The molecule has 0 spiro atoms. The summed E-state index contributed by atoms with van der Waals surface area (Å²) in [5, 5.41) is 1.21. The standard InChI is InChI=1S/C20H20BrN/c1-2-3-5-10-16-13-17-14-18(21)11-12-19(17)22-20(16)15-8-6-4-7-9-15/h4,6-9,11-14H,2-3,5,10H2,1H3. The van der Waals surface area contributed by atoms with E-state index in [1.165, 1.54) is 35.8 Å². The zero-order valence-electron chi connectivity index (χ0n) is 12.8. The van der Waals surface area contributed by atoms with Gasteiger partial charge in [0, 0.05) is 15.4 Å². The molecule has 0 N–H and O–H groups in total. The predicted molar refractivity (Wildman–Crippen MR) is 98.1 cm³/mol. The van der Waals surface area contributed by atoms with Crippen molar-refractivity contribution in [3.05, 3.63) is 64.6 Å². The van der Waals surface area contributed by atoms with Crippen molar-refractivity contribution in [2.24, 2.45) is 0 Å². The molecule has 0 bridgehead atoms. The van der Waals surface area contributed by atoms with Crippen LogP contribution < -0.4 is 0 Å². The first kappa shape index (κ1) is 15.2. The Labute approximate surface area is 140 Å². The van der Waals surface area contributed by atoms with Gasteiger partial charge in [0.2, 0.25) is 0 Å². The molecule has 0 aliphatic rings. The van der Waals surface area contributed by atoms with Gasteiger partial charge in [0.15, 0.2) is 0 Å². The van der Waals surface area contributed by atoms with E-state index in [4.69, 9.17) is 4.98 Å². The Kier molecular flexibility index (Phi) is 4.89. The fourth-order valence-electron chi connectivity index (χ4n) is 2.79. The van der Waals surface area contributed by atoms with Crippen molar-refractivity contribution in [1.82, 2.24) is 4.98 Å². The van der Waals surface area contributed by atoms with E-state index >= 15 is 0 Å². The zero-order valence-corrected chi connectivity index (χ0v) is 14.4. The van der Waals surface area contributed by atoms with Gasteiger partial charge in [0.05, 0.1) is 11.2 Å². The van der Waals surface area contributed by atoms with E-state index < -0.39 is 0 Å². The van der Waals surface area contributed by atoms with E-state index in [-0.39, 0.29) is 0 Å². The zero-order chi connectivity index (χ0) is 15.4. The van der Waals surface area contributed by atoms with Crippen molar-refractivity contribution in [1.29, 1.82) is 0 Å². The predicted octanol–water partition coefficient (Wildman–Crippen LogP) is 6.40. The van der Waals surface area contributed by atoms with E-state index in [2.05, 4.69) is 77.5 Å². The van der Waals surface area contributed by atoms with Crippen LogP contribution in [0.5, 0.6) is 0 Å². The highest BCUT2D eigenvalue weighted by molar-refractivity contribution is 9.10. The van der Waals surface area contributed by atoms with Gasteiger partial charge < -0.3 is 0 Å². The number of fused-ring (bicyclic) bond motifs is 1. The molecule has 0 aliphatic carbocycles. The number of aromatic nitrogens is 1. The summed E-state index contributed by atoms with van der Waals surface area (Å²) in [6, 6.07) is 19.1. The number of aryl methyl sites for hydroxylation is 1. The van der Waals surface area contributed by atoms with E-state index in [0.29, 0.717) is 0 Å². The summed E-state index contributed by atoms with van der Waals surface area (Å²) in [6.07, 6.45) is 4.82. The Hall–Kier alpha value is -1.67. The maximum Gasteiger partial charge on any atom is 0.0741 e. The van der Waals surface area contributed by atoms with Gasteiger partial charge in [0.1, 0.15) is 0 Å². The molecular formula is C20H20BrN. The minimum Gasteiger partial charge on any atom is -0.248 e. The lowest BCUT2D eigenvalue weighted by Crippen LogP contribution is -1.95. The number of pyridine rings is 1. The molecule has 0 fully saturated rings. The molecule has 0 unspecified atom stereocenters. The highest BCUT2D eigenvalue weighted by Crippen LogP contribution is 2.28. The van der Waals surface area contributed by atoms with Crippen LogP contribution in [0.1, 0.15) is 31.7 Å². The first-order valence-electron chi connectivity index (χ1n) is 7.92. The van der Waals surface area contributed by atoms with Crippen molar-refractivity contribution in [2.45, 2.75) is 32.6 Å². The molecule has 0 aliphatic heterocycles. The number of halogens is 1. The Morgan fingerprint density at radius 1 is 0.955 bits per heavy atom. The van der Waals surface area contributed by atoms with Crippen LogP contribution in [0.15, 0.2) is 59.1 Å². The fraction of sp³-hybridized carbons (Fsp3) is 0.250. The van der Waals surface area contributed by atoms with Crippen LogP contribution in [0.3, 0.4) is 0 Å². The summed E-state index contributed by atoms with van der Waals surface area (Å²) >= 11 is 3.56. The van der Waals surface area contributed by atoms with Gasteiger partial charge in [-0.25, -0.2) is 4.98 Å². The lowest BCUT2D eigenvalue weighted by molar-refractivity contribution is 0.717. The molecule has 1 heterocycles. The molecule has 1 aromatic heterocycles. The topological polar surface area (TPSA) is 12.9 Å². The molecule has 2 aromatic carbocycles. The van der Waals surface area contributed by atoms with Crippen LogP contribution in [-0.4, -0.2) is 4.98 Å². The number of hydrogen-bond donors (Lipinski definition) is 0. The second-order valence-corrected chi connectivity index (χ2v) is 6.57. The average molecular weight is 354 g/mol. The van der Waals surface area contributed by atoms with Crippen LogP contribution in [0.4, 0.5) is 0 Å². The van der Waals surface area contributed by atoms with E-state index in [1.807, 2.05) is 0 Å². The number of hydrogen-bond acceptors (Lipinski definition) is 1. The summed E-state index contributed by atoms with van der Waals surface area (Å²) in [4.78, 5) is 4.94. The summed E-state index contributed by atoms with van der Waals surface area (Å²) in [5.41, 5.74) is 4.75. The molecule has 112 valence electrons. The monoisotopic (exact) mass is 353 g/mol. The molecule has 3 rings (SSSR count). The van der Waals surface area contributed by atoms with E-state index in [0.717, 1.165) is 22.1 Å². The smallest absolute Gasteiger partial charge is 0.0741 e. The Morgan fingerprint density at radius 2 is 1.77 bits per heavy atom. The van der Waals surface area contributed by atoms with Gasteiger partial charge in [-0.1, -0.05) is 66.0 Å².